The molecule has 8 aromatic rings. The predicted molar refractivity (Wildman–Crippen MR) is 159 cm³/mol. The van der Waals surface area contributed by atoms with Gasteiger partial charge in [-0.3, -0.25) is 24.9 Å². The van der Waals surface area contributed by atoms with Crippen LogP contribution >= 0.6 is 0 Å². The molecule has 0 aliphatic carbocycles. The van der Waals surface area contributed by atoms with Crippen molar-refractivity contribution in [2.24, 2.45) is 0 Å². The third kappa shape index (κ3) is 5.29. The molecular formula is C34H21N6Re-. The van der Waals surface area contributed by atoms with Crippen molar-refractivity contribution in [2.45, 2.75) is 0 Å². The van der Waals surface area contributed by atoms with Gasteiger partial charge in [-0.15, -0.1) is 35.9 Å². The van der Waals surface area contributed by atoms with Crippen LogP contribution in [0.3, 0.4) is 0 Å². The molecule has 0 atom stereocenters. The molecule has 8 rings (SSSR count). The van der Waals surface area contributed by atoms with Crippen molar-refractivity contribution in [2.75, 3.05) is 0 Å². The Morgan fingerprint density at radius 1 is 0.439 bits per heavy atom. The largest absolute Gasteiger partial charge is 0.294 e. The van der Waals surface area contributed by atoms with Crippen LogP contribution in [-0.4, -0.2) is 29.9 Å². The van der Waals surface area contributed by atoms with E-state index in [2.05, 4.69) is 62.4 Å². The Balaban J connectivity index is 0.000000144. The minimum absolute atomic E-state index is 0. The summed E-state index contributed by atoms with van der Waals surface area (Å²) in [6.45, 7) is 0. The molecular weight excluding hydrogens is 679 g/mol. The van der Waals surface area contributed by atoms with Gasteiger partial charge in [-0.25, -0.2) is 4.98 Å². The normalized spacial score (nSPS) is 10.7. The Bertz CT molecular complexity index is 1960. The summed E-state index contributed by atoms with van der Waals surface area (Å²) in [7, 11) is 0. The SMILES string of the molecule is [Re].[c-]1ccccc1-c1ccc2ccc3cccnc3c2n1.c1cnc2c(c1)ccc1ccc(-c3cnccn3)nc12. The summed E-state index contributed by atoms with van der Waals surface area (Å²) >= 11 is 0. The van der Waals surface area contributed by atoms with Gasteiger partial charge in [-0.05, 0) is 23.9 Å². The van der Waals surface area contributed by atoms with E-state index in [1.54, 1.807) is 24.8 Å². The van der Waals surface area contributed by atoms with E-state index in [9.17, 15) is 0 Å². The second-order valence-electron chi connectivity index (χ2n) is 9.18. The summed E-state index contributed by atoms with van der Waals surface area (Å²) in [6, 6.07) is 35.5. The maximum atomic E-state index is 4.78. The Labute approximate surface area is 249 Å². The summed E-state index contributed by atoms with van der Waals surface area (Å²) in [4.78, 5) is 26.8. The van der Waals surface area contributed by atoms with Crippen molar-refractivity contribution < 1.29 is 20.4 Å². The molecule has 0 N–H and O–H groups in total. The minimum Gasteiger partial charge on any atom is -0.294 e. The van der Waals surface area contributed by atoms with E-state index in [1.165, 1.54) is 0 Å². The third-order valence-corrected chi connectivity index (χ3v) is 6.67. The van der Waals surface area contributed by atoms with Gasteiger partial charge < -0.3 is 0 Å². The number of pyridine rings is 4. The average Bonchev–Trinajstić information content (AvgIpc) is 3.05. The van der Waals surface area contributed by atoms with E-state index >= 15 is 0 Å². The van der Waals surface area contributed by atoms with Crippen molar-refractivity contribution >= 4 is 43.6 Å². The van der Waals surface area contributed by atoms with Gasteiger partial charge in [-0.2, -0.15) is 0 Å². The fraction of sp³-hybridized carbons (Fsp3) is 0. The Kier molecular flexibility index (Phi) is 7.47. The van der Waals surface area contributed by atoms with E-state index in [4.69, 9.17) is 9.97 Å². The second kappa shape index (κ2) is 11.6. The minimum atomic E-state index is 0. The first-order chi connectivity index (χ1) is 19.8. The van der Waals surface area contributed by atoms with Crippen molar-refractivity contribution in [3.05, 3.63) is 134 Å². The van der Waals surface area contributed by atoms with Gasteiger partial charge in [-0.1, -0.05) is 54.6 Å². The van der Waals surface area contributed by atoms with Crippen molar-refractivity contribution in [3.63, 3.8) is 0 Å². The van der Waals surface area contributed by atoms with Crippen molar-refractivity contribution in [1.29, 1.82) is 0 Å². The second-order valence-corrected chi connectivity index (χ2v) is 9.18. The summed E-state index contributed by atoms with van der Waals surface area (Å²) in [6.07, 6.45) is 8.64. The fourth-order valence-corrected chi connectivity index (χ4v) is 4.72. The van der Waals surface area contributed by atoms with E-state index in [-0.39, 0.29) is 20.4 Å². The maximum Gasteiger partial charge on any atom is 0.107 e. The molecule has 0 saturated heterocycles. The molecule has 3 aromatic carbocycles. The molecule has 5 aromatic heterocycles. The van der Waals surface area contributed by atoms with Gasteiger partial charge in [0, 0.05) is 66.8 Å². The predicted octanol–water partition coefficient (Wildman–Crippen LogP) is 7.49. The molecule has 5 heterocycles. The fourth-order valence-electron chi connectivity index (χ4n) is 4.72. The first-order valence-electron chi connectivity index (χ1n) is 12.9. The van der Waals surface area contributed by atoms with Crippen LogP contribution in [0.1, 0.15) is 0 Å². The van der Waals surface area contributed by atoms with E-state index in [0.29, 0.717) is 0 Å². The van der Waals surface area contributed by atoms with Crippen LogP contribution in [0.2, 0.25) is 0 Å². The summed E-state index contributed by atoms with van der Waals surface area (Å²) in [5.74, 6) is 0. The Morgan fingerprint density at radius 2 is 1.02 bits per heavy atom. The Morgan fingerprint density at radius 3 is 1.61 bits per heavy atom. The van der Waals surface area contributed by atoms with Gasteiger partial charge in [0.05, 0.1) is 34.0 Å². The number of fused-ring (bicyclic) bond motifs is 6. The van der Waals surface area contributed by atoms with Crippen LogP contribution < -0.4 is 0 Å². The van der Waals surface area contributed by atoms with Crippen LogP contribution in [0.5, 0.6) is 0 Å². The molecule has 0 spiro atoms. The van der Waals surface area contributed by atoms with Gasteiger partial charge in [0.2, 0.25) is 0 Å². The molecule has 0 bridgehead atoms. The zero-order valence-corrected chi connectivity index (χ0v) is 24.4. The van der Waals surface area contributed by atoms with E-state index in [1.807, 2.05) is 66.9 Å². The molecule has 195 valence electrons. The molecule has 0 fully saturated rings. The monoisotopic (exact) mass is 700 g/mol. The average molecular weight is 700 g/mol. The standard InChI is InChI=1S/C18H11N2.C16H10N4.Re/c1-2-5-13(6-3-1)16-11-10-15-9-8-14-7-4-12-19-17(14)18(15)20-16;1-2-11-3-4-12-5-6-13(14-10-17-8-9-18-14)20-16(12)15(11)19-7-1;/h1-5,7-12H;1-10H;/q-1;;. The molecule has 7 heteroatoms. The summed E-state index contributed by atoms with van der Waals surface area (Å²) in [5, 5.41) is 4.38. The van der Waals surface area contributed by atoms with Crippen LogP contribution in [0.4, 0.5) is 0 Å². The van der Waals surface area contributed by atoms with E-state index < -0.39 is 0 Å². The van der Waals surface area contributed by atoms with Crippen LogP contribution in [0, 0.1) is 6.07 Å². The number of hydrogen-bond acceptors (Lipinski definition) is 6. The topological polar surface area (TPSA) is 77.3 Å². The maximum absolute atomic E-state index is 4.78. The van der Waals surface area contributed by atoms with Gasteiger partial charge >= 0.3 is 0 Å². The van der Waals surface area contributed by atoms with Gasteiger partial charge in [0.25, 0.3) is 0 Å². The summed E-state index contributed by atoms with van der Waals surface area (Å²) < 4.78 is 0. The first kappa shape index (κ1) is 26.3. The Hall–Kier alpha value is -4.96. The first-order valence-corrected chi connectivity index (χ1v) is 12.9. The number of nitrogens with zero attached hydrogens (tertiary/aromatic N) is 6. The van der Waals surface area contributed by atoms with E-state index in [0.717, 1.165) is 66.3 Å². The zero-order valence-electron chi connectivity index (χ0n) is 21.7. The smallest absolute Gasteiger partial charge is 0.107 e. The molecule has 0 unspecified atom stereocenters. The zero-order chi connectivity index (χ0) is 26.7. The molecule has 6 nitrogen and oxygen atoms in total. The van der Waals surface area contributed by atoms with Crippen molar-refractivity contribution in [3.8, 4) is 22.6 Å². The van der Waals surface area contributed by atoms with Crippen molar-refractivity contribution in [1.82, 2.24) is 29.9 Å². The molecule has 0 saturated carbocycles. The number of rotatable bonds is 2. The summed E-state index contributed by atoms with van der Waals surface area (Å²) in [5.41, 5.74) is 7.20. The number of benzene rings is 3. The van der Waals surface area contributed by atoms with Crippen LogP contribution in [0.15, 0.2) is 128 Å². The van der Waals surface area contributed by atoms with Gasteiger partial charge in [0.15, 0.2) is 0 Å². The van der Waals surface area contributed by atoms with Crippen LogP contribution in [-0.2, 0) is 20.4 Å². The van der Waals surface area contributed by atoms with Gasteiger partial charge in [0.1, 0.15) is 5.69 Å². The third-order valence-electron chi connectivity index (χ3n) is 6.67. The molecule has 0 aliphatic rings. The molecule has 0 amide bonds. The van der Waals surface area contributed by atoms with Crippen LogP contribution in [0.25, 0.3) is 66.3 Å². The molecule has 0 aliphatic heterocycles. The number of hydrogen-bond donors (Lipinski definition) is 0. The molecule has 41 heavy (non-hydrogen) atoms. The quantitative estimate of drug-likeness (QED) is 0.138. The molecule has 1 radical (unpaired) electrons. The number of aromatic nitrogens is 6.